The lowest BCUT2D eigenvalue weighted by Crippen LogP contribution is -2.39. The number of fused-ring (bicyclic) bond motifs is 1. The molecule has 0 radical (unpaired) electrons. The molecule has 3 rings (SSSR count). The van der Waals surface area contributed by atoms with Gasteiger partial charge in [0.25, 0.3) is 0 Å². The van der Waals surface area contributed by atoms with Gasteiger partial charge in [-0.3, -0.25) is 4.79 Å². The molecule has 0 bridgehead atoms. The maximum absolute atomic E-state index is 11.7. The summed E-state index contributed by atoms with van der Waals surface area (Å²) in [6.45, 7) is 2.89. The summed E-state index contributed by atoms with van der Waals surface area (Å²) in [5.74, 6) is 1.50. The molecule has 0 spiro atoms. The molecule has 3 fully saturated rings. The van der Waals surface area contributed by atoms with E-state index in [4.69, 9.17) is 4.74 Å². The zero-order valence-electron chi connectivity index (χ0n) is 8.16. The highest BCUT2D eigenvalue weighted by atomic mass is 16.5. The third kappa shape index (κ3) is 1.33. The molecule has 2 saturated heterocycles. The highest BCUT2D eigenvalue weighted by Crippen LogP contribution is 2.41. The van der Waals surface area contributed by atoms with Gasteiger partial charge in [-0.2, -0.15) is 0 Å². The number of hydrogen-bond donors (Lipinski definition) is 2. The molecule has 78 valence electrons. The Morgan fingerprint density at radius 1 is 1.36 bits per heavy atom. The maximum atomic E-state index is 11.7. The van der Waals surface area contributed by atoms with E-state index in [1.807, 2.05) is 0 Å². The quantitative estimate of drug-likeness (QED) is 0.626. The predicted molar refractivity (Wildman–Crippen MR) is 50.8 cm³/mol. The van der Waals surface area contributed by atoms with Gasteiger partial charge in [-0.1, -0.05) is 0 Å². The molecule has 0 aromatic heterocycles. The van der Waals surface area contributed by atoms with Gasteiger partial charge in [0.05, 0.1) is 0 Å². The molecule has 4 nitrogen and oxygen atoms in total. The Balaban J connectivity index is 1.50. The van der Waals surface area contributed by atoms with Crippen molar-refractivity contribution >= 4 is 5.91 Å². The molecule has 0 aromatic rings. The van der Waals surface area contributed by atoms with E-state index in [-0.39, 0.29) is 12.0 Å². The van der Waals surface area contributed by atoms with Gasteiger partial charge in [0.15, 0.2) is 0 Å². The van der Waals surface area contributed by atoms with Crippen LogP contribution in [-0.2, 0) is 9.53 Å². The Labute approximate surface area is 83.4 Å². The van der Waals surface area contributed by atoms with Gasteiger partial charge in [0, 0.05) is 25.7 Å². The molecule has 3 unspecified atom stereocenters. The van der Waals surface area contributed by atoms with Crippen LogP contribution >= 0.6 is 0 Å². The van der Waals surface area contributed by atoms with Crippen LogP contribution in [0.15, 0.2) is 0 Å². The topological polar surface area (TPSA) is 50.4 Å². The smallest absolute Gasteiger partial charge is 0.249 e. The molecule has 3 atom stereocenters. The minimum atomic E-state index is -0.163. The second-order valence-corrected chi connectivity index (χ2v) is 4.52. The first-order valence-electron chi connectivity index (χ1n) is 5.49. The predicted octanol–water partition coefficient (Wildman–Crippen LogP) is -0.501. The van der Waals surface area contributed by atoms with Crippen molar-refractivity contribution in [1.29, 1.82) is 0 Å². The van der Waals surface area contributed by atoms with Crippen LogP contribution in [0.3, 0.4) is 0 Å². The van der Waals surface area contributed by atoms with Crippen LogP contribution in [0.4, 0.5) is 0 Å². The van der Waals surface area contributed by atoms with Crippen molar-refractivity contribution in [3.63, 3.8) is 0 Å². The van der Waals surface area contributed by atoms with E-state index in [0.717, 1.165) is 32.5 Å². The number of carbonyl (C=O) groups is 1. The van der Waals surface area contributed by atoms with Crippen molar-refractivity contribution in [3.8, 4) is 0 Å². The van der Waals surface area contributed by atoms with E-state index in [1.54, 1.807) is 0 Å². The van der Waals surface area contributed by atoms with Crippen LogP contribution in [0, 0.1) is 11.8 Å². The number of rotatable bonds is 2. The number of amides is 1. The molecule has 4 heteroatoms. The molecule has 2 N–H and O–H groups in total. The Kier molecular flexibility index (Phi) is 1.99. The van der Waals surface area contributed by atoms with E-state index in [9.17, 15) is 4.79 Å². The second-order valence-electron chi connectivity index (χ2n) is 4.52. The molecule has 2 aliphatic heterocycles. The van der Waals surface area contributed by atoms with E-state index < -0.39 is 0 Å². The number of ether oxygens (including phenoxy) is 1. The second kappa shape index (κ2) is 3.21. The van der Waals surface area contributed by atoms with Crippen molar-refractivity contribution in [2.45, 2.75) is 25.0 Å². The first kappa shape index (κ1) is 8.68. The SMILES string of the molecule is O=C(NC1C2CNCC21)C1CCCO1. The van der Waals surface area contributed by atoms with E-state index in [1.165, 1.54) is 0 Å². The van der Waals surface area contributed by atoms with Gasteiger partial charge < -0.3 is 15.4 Å². The highest BCUT2D eigenvalue weighted by molar-refractivity contribution is 5.81. The lowest BCUT2D eigenvalue weighted by molar-refractivity contribution is -0.130. The number of hydrogen-bond acceptors (Lipinski definition) is 3. The van der Waals surface area contributed by atoms with Gasteiger partial charge in [-0.25, -0.2) is 0 Å². The monoisotopic (exact) mass is 196 g/mol. The molecule has 3 aliphatic rings. The minimum absolute atomic E-state index is 0.113. The Morgan fingerprint density at radius 2 is 2.14 bits per heavy atom. The van der Waals surface area contributed by atoms with Crippen LogP contribution in [-0.4, -0.2) is 37.7 Å². The summed E-state index contributed by atoms with van der Waals surface area (Å²) in [6.07, 6.45) is 1.76. The van der Waals surface area contributed by atoms with Crippen molar-refractivity contribution in [2.24, 2.45) is 11.8 Å². The summed E-state index contributed by atoms with van der Waals surface area (Å²) in [7, 11) is 0. The summed E-state index contributed by atoms with van der Waals surface area (Å²) in [6, 6.07) is 0.438. The summed E-state index contributed by atoms with van der Waals surface area (Å²) < 4.78 is 5.34. The Morgan fingerprint density at radius 3 is 2.79 bits per heavy atom. The lowest BCUT2D eigenvalue weighted by atomic mass is 10.2. The molecule has 2 heterocycles. The number of piperidine rings is 1. The molecule has 1 aliphatic carbocycles. The van der Waals surface area contributed by atoms with Gasteiger partial charge in [-0.05, 0) is 24.7 Å². The standard InChI is InChI=1S/C10H16N2O2/c13-10(8-2-1-3-14-8)12-9-6-4-11-5-7(6)9/h6-9,11H,1-5H2,(H,12,13). The maximum Gasteiger partial charge on any atom is 0.249 e. The Hall–Kier alpha value is -0.610. The molecule has 1 amide bonds. The Bertz CT molecular complexity index is 241. The molecule has 0 aromatic carbocycles. The minimum Gasteiger partial charge on any atom is -0.368 e. The van der Waals surface area contributed by atoms with Gasteiger partial charge >= 0.3 is 0 Å². The first-order chi connectivity index (χ1) is 6.86. The van der Waals surface area contributed by atoms with Crippen LogP contribution in [0.25, 0.3) is 0 Å². The summed E-state index contributed by atoms with van der Waals surface area (Å²) in [5, 5.41) is 6.41. The first-order valence-corrected chi connectivity index (χ1v) is 5.49. The van der Waals surface area contributed by atoms with Gasteiger partial charge in [0.1, 0.15) is 6.10 Å². The van der Waals surface area contributed by atoms with Crippen LogP contribution < -0.4 is 10.6 Å². The average Bonchev–Trinajstić information content (AvgIpc) is 2.75. The third-order valence-corrected chi connectivity index (χ3v) is 3.62. The van der Waals surface area contributed by atoms with Crippen LogP contribution in [0.1, 0.15) is 12.8 Å². The number of carbonyl (C=O) groups excluding carboxylic acids is 1. The fourth-order valence-electron chi connectivity index (χ4n) is 2.67. The summed E-state index contributed by atoms with van der Waals surface area (Å²) in [4.78, 5) is 11.7. The largest absolute Gasteiger partial charge is 0.368 e. The van der Waals surface area contributed by atoms with Gasteiger partial charge in [-0.15, -0.1) is 0 Å². The van der Waals surface area contributed by atoms with Crippen LogP contribution in [0.5, 0.6) is 0 Å². The summed E-state index contributed by atoms with van der Waals surface area (Å²) >= 11 is 0. The molecule has 1 saturated carbocycles. The summed E-state index contributed by atoms with van der Waals surface area (Å²) in [5.41, 5.74) is 0. The van der Waals surface area contributed by atoms with E-state index in [2.05, 4.69) is 10.6 Å². The third-order valence-electron chi connectivity index (χ3n) is 3.62. The molecule has 14 heavy (non-hydrogen) atoms. The van der Waals surface area contributed by atoms with E-state index in [0.29, 0.717) is 17.9 Å². The van der Waals surface area contributed by atoms with Crippen LogP contribution in [0.2, 0.25) is 0 Å². The van der Waals surface area contributed by atoms with E-state index >= 15 is 0 Å². The fourth-order valence-corrected chi connectivity index (χ4v) is 2.67. The van der Waals surface area contributed by atoms with Crippen molar-refractivity contribution < 1.29 is 9.53 Å². The average molecular weight is 196 g/mol. The zero-order chi connectivity index (χ0) is 9.54. The normalized spacial score (nSPS) is 44.9. The highest BCUT2D eigenvalue weighted by Gasteiger charge is 2.54. The lowest BCUT2D eigenvalue weighted by Gasteiger charge is -2.11. The molecular weight excluding hydrogens is 180 g/mol. The molecular formula is C10H16N2O2. The number of nitrogens with one attached hydrogen (secondary N) is 2. The fraction of sp³-hybridized carbons (Fsp3) is 0.900. The zero-order valence-corrected chi connectivity index (χ0v) is 8.16. The van der Waals surface area contributed by atoms with Crippen molar-refractivity contribution in [3.05, 3.63) is 0 Å². The van der Waals surface area contributed by atoms with Gasteiger partial charge in [0.2, 0.25) is 5.91 Å². The van der Waals surface area contributed by atoms with Crippen molar-refractivity contribution in [2.75, 3.05) is 19.7 Å². The van der Waals surface area contributed by atoms with Crippen molar-refractivity contribution in [1.82, 2.24) is 10.6 Å².